The van der Waals surface area contributed by atoms with E-state index in [2.05, 4.69) is 41.3 Å². The summed E-state index contributed by atoms with van der Waals surface area (Å²) in [5, 5.41) is 7.83. The molecular weight excluding hydrogens is 262 g/mol. The highest BCUT2D eigenvalue weighted by Crippen LogP contribution is 2.27. The molecule has 3 rings (SSSR count). The van der Waals surface area contributed by atoms with E-state index in [1.807, 2.05) is 18.5 Å². The van der Waals surface area contributed by atoms with Gasteiger partial charge in [0.15, 0.2) is 0 Å². The average molecular weight is 283 g/mol. The molecule has 0 amide bonds. The van der Waals surface area contributed by atoms with Gasteiger partial charge >= 0.3 is 0 Å². The zero-order valence-electron chi connectivity index (χ0n) is 12.1. The van der Waals surface area contributed by atoms with Gasteiger partial charge in [0.2, 0.25) is 0 Å². The van der Waals surface area contributed by atoms with Crippen molar-refractivity contribution in [3.8, 4) is 0 Å². The summed E-state index contributed by atoms with van der Waals surface area (Å²) >= 11 is 0. The van der Waals surface area contributed by atoms with Crippen LogP contribution in [0.5, 0.6) is 0 Å². The van der Waals surface area contributed by atoms with E-state index in [9.17, 15) is 0 Å². The third kappa shape index (κ3) is 3.40. The lowest BCUT2D eigenvalue weighted by Crippen LogP contribution is -2.31. The first kappa shape index (κ1) is 14.0. The van der Waals surface area contributed by atoms with E-state index < -0.39 is 0 Å². The van der Waals surface area contributed by atoms with Crippen LogP contribution in [0.1, 0.15) is 30.0 Å². The van der Waals surface area contributed by atoms with Crippen LogP contribution in [0.3, 0.4) is 0 Å². The molecule has 0 radical (unpaired) electrons. The van der Waals surface area contributed by atoms with Gasteiger partial charge in [-0.2, -0.15) is 5.10 Å². The van der Waals surface area contributed by atoms with Crippen molar-refractivity contribution >= 4 is 6.20 Å². The molecule has 2 atom stereocenters. The average Bonchev–Trinajstić information content (AvgIpc) is 3.20. The highest BCUT2D eigenvalue weighted by molar-refractivity contribution is 5.22. The molecule has 4 heteroatoms. The first-order valence-electron chi connectivity index (χ1n) is 7.42. The highest BCUT2D eigenvalue weighted by atomic mass is 16.5. The van der Waals surface area contributed by atoms with Gasteiger partial charge in [0, 0.05) is 31.1 Å². The van der Waals surface area contributed by atoms with E-state index in [4.69, 9.17) is 4.74 Å². The Balaban J connectivity index is 1.71. The quantitative estimate of drug-likeness (QED) is 0.886. The summed E-state index contributed by atoms with van der Waals surface area (Å²) in [6.45, 7) is 5.35. The van der Waals surface area contributed by atoms with Crippen molar-refractivity contribution in [1.29, 1.82) is 0 Å². The Kier molecular flexibility index (Phi) is 4.48. The maximum absolute atomic E-state index is 5.88. The van der Waals surface area contributed by atoms with Crippen LogP contribution in [0.4, 0.5) is 0 Å². The molecule has 2 heterocycles. The molecule has 0 bridgehead atoms. The molecule has 1 N–H and O–H groups in total. The Hall–Kier alpha value is -1.91. The third-order valence-electron chi connectivity index (χ3n) is 3.86. The first-order valence-corrected chi connectivity index (χ1v) is 7.42. The molecule has 0 spiro atoms. The van der Waals surface area contributed by atoms with Crippen LogP contribution in [-0.2, 0) is 11.3 Å². The summed E-state index contributed by atoms with van der Waals surface area (Å²) in [5.74, 6) is 0. The van der Waals surface area contributed by atoms with Gasteiger partial charge in [-0.25, -0.2) is 4.68 Å². The molecule has 21 heavy (non-hydrogen) atoms. The Morgan fingerprint density at radius 3 is 2.95 bits per heavy atom. The number of hydrogen-bond donors (Lipinski definition) is 1. The molecule has 1 aliphatic rings. The standard InChI is InChI=1S/C17H21N3O/c1-2-20-13-14(12-19-20)11-18-17(16-9-6-10-21-16)15-7-4-3-5-8-15/h2-5,7-8,12-13,16-18H,1,6,9-11H2/t16-,17-/m0/s1. The minimum absolute atomic E-state index is 0.223. The maximum atomic E-state index is 5.88. The first-order chi connectivity index (χ1) is 10.4. The Morgan fingerprint density at radius 1 is 1.43 bits per heavy atom. The topological polar surface area (TPSA) is 39.1 Å². The molecule has 0 unspecified atom stereocenters. The Bertz CT molecular complexity index is 573. The fourth-order valence-electron chi connectivity index (χ4n) is 2.79. The third-order valence-corrected chi connectivity index (χ3v) is 3.86. The summed E-state index contributed by atoms with van der Waals surface area (Å²) in [6.07, 6.45) is 8.05. The molecule has 0 saturated carbocycles. The van der Waals surface area contributed by atoms with E-state index in [-0.39, 0.29) is 12.1 Å². The largest absolute Gasteiger partial charge is 0.376 e. The molecule has 1 aliphatic heterocycles. The van der Waals surface area contributed by atoms with Crippen LogP contribution < -0.4 is 5.32 Å². The lowest BCUT2D eigenvalue weighted by molar-refractivity contribution is 0.0776. The molecule has 1 fully saturated rings. The van der Waals surface area contributed by atoms with Gasteiger partial charge in [0.05, 0.1) is 18.3 Å². The van der Waals surface area contributed by atoms with Crippen molar-refractivity contribution in [2.24, 2.45) is 0 Å². The van der Waals surface area contributed by atoms with Crippen molar-refractivity contribution in [3.05, 3.63) is 60.4 Å². The van der Waals surface area contributed by atoms with Gasteiger partial charge in [-0.05, 0) is 18.4 Å². The fourth-order valence-corrected chi connectivity index (χ4v) is 2.79. The van der Waals surface area contributed by atoms with E-state index >= 15 is 0 Å². The van der Waals surface area contributed by atoms with Crippen LogP contribution in [-0.4, -0.2) is 22.5 Å². The van der Waals surface area contributed by atoms with Crippen molar-refractivity contribution in [2.75, 3.05) is 6.61 Å². The van der Waals surface area contributed by atoms with Gasteiger partial charge < -0.3 is 10.1 Å². The molecule has 4 nitrogen and oxygen atoms in total. The predicted octanol–water partition coefficient (Wildman–Crippen LogP) is 2.99. The number of nitrogens with one attached hydrogen (secondary N) is 1. The monoisotopic (exact) mass is 283 g/mol. The second-order valence-electron chi connectivity index (χ2n) is 5.33. The Morgan fingerprint density at radius 2 is 2.29 bits per heavy atom. The van der Waals surface area contributed by atoms with E-state index in [0.717, 1.165) is 31.6 Å². The van der Waals surface area contributed by atoms with E-state index in [1.54, 1.807) is 10.9 Å². The number of aromatic nitrogens is 2. The van der Waals surface area contributed by atoms with Gasteiger partial charge in [-0.3, -0.25) is 0 Å². The summed E-state index contributed by atoms with van der Waals surface area (Å²) in [5.41, 5.74) is 2.43. The zero-order valence-corrected chi connectivity index (χ0v) is 12.1. The van der Waals surface area contributed by atoms with Gasteiger partial charge in [0.25, 0.3) is 0 Å². The van der Waals surface area contributed by atoms with Gasteiger partial charge in [-0.1, -0.05) is 36.9 Å². The predicted molar refractivity (Wildman–Crippen MR) is 83.6 cm³/mol. The Labute approximate surface area is 125 Å². The van der Waals surface area contributed by atoms with Crippen molar-refractivity contribution in [2.45, 2.75) is 31.5 Å². The maximum Gasteiger partial charge on any atom is 0.0770 e. The number of hydrogen-bond acceptors (Lipinski definition) is 3. The summed E-state index contributed by atoms with van der Waals surface area (Å²) < 4.78 is 7.61. The van der Waals surface area contributed by atoms with E-state index in [0.29, 0.717) is 0 Å². The molecule has 1 aromatic carbocycles. The lowest BCUT2D eigenvalue weighted by Gasteiger charge is -2.24. The van der Waals surface area contributed by atoms with E-state index in [1.165, 1.54) is 5.56 Å². The number of benzene rings is 1. The molecule has 0 aliphatic carbocycles. The normalized spacial score (nSPS) is 19.5. The highest BCUT2D eigenvalue weighted by Gasteiger charge is 2.26. The number of rotatable bonds is 6. The van der Waals surface area contributed by atoms with Gasteiger partial charge in [0.1, 0.15) is 0 Å². The molecule has 110 valence electrons. The van der Waals surface area contributed by atoms with Crippen molar-refractivity contribution < 1.29 is 4.74 Å². The lowest BCUT2D eigenvalue weighted by atomic mass is 9.99. The number of ether oxygens (including phenoxy) is 1. The van der Waals surface area contributed by atoms with Crippen molar-refractivity contribution in [3.63, 3.8) is 0 Å². The summed E-state index contributed by atoms with van der Waals surface area (Å²) in [7, 11) is 0. The molecule has 1 aromatic heterocycles. The minimum atomic E-state index is 0.223. The van der Waals surface area contributed by atoms with Crippen LogP contribution in [0, 0.1) is 0 Å². The fraction of sp³-hybridized carbons (Fsp3) is 0.353. The molecular formula is C17H21N3O. The van der Waals surface area contributed by atoms with Crippen molar-refractivity contribution in [1.82, 2.24) is 15.1 Å². The van der Waals surface area contributed by atoms with Crippen LogP contribution >= 0.6 is 0 Å². The minimum Gasteiger partial charge on any atom is -0.376 e. The van der Waals surface area contributed by atoms with Crippen LogP contribution in [0.15, 0.2) is 49.3 Å². The summed E-state index contributed by atoms with van der Waals surface area (Å²) in [4.78, 5) is 0. The van der Waals surface area contributed by atoms with Crippen LogP contribution in [0.2, 0.25) is 0 Å². The smallest absolute Gasteiger partial charge is 0.0770 e. The summed E-state index contributed by atoms with van der Waals surface area (Å²) in [6, 6.07) is 10.7. The second kappa shape index (κ2) is 6.70. The second-order valence-corrected chi connectivity index (χ2v) is 5.33. The SMILES string of the molecule is C=Cn1cc(CN[C@@H](c2ccccc2)[C@@H]2CCCO2)cn1. The van der Waals surface area contributed by atoms with Crippen LogP contribution in [0.25, 0.3) is 6.20 Å². The zero-order chi connectivity index (χ0) is 14.5. The molecule has 2 aromatic rings. The molecule has 1 saturated heterocycles. The number of nitrogens with zero attached hydrogens (tertiary/aromatic N) is 2. The van der Waals surface area contributed by atoms with Gasteiger partial charge in [-0.15, -0.1) is 0 Å².